The molecule has 14 heavy (non-hydrogen) atoms. The summed E-state index contributed by atoms with van der Waals surface area (Å²) in [6.07, 6.45) is 1.34. The predicted octanol–water partition coefficient (Wildman–Crippen LogP) is 2.97. The molecule has 0 bridgehead atoms. The zero-order valence-corrected chi connectivity index (χ0v) is 9.00. The van der Waals surface area contributed by atoms with Gasteiger partial charge in [0, 0.05) is 18.2 Å². The highest BCUT2D eigenvalue weighted by Crippen LogP contribution is 2.08. The van der Waals surface area contributed by atoms with Gasteiger partial charge in [-0.05, 0) is 12.0 Å². The van der Waals surface area contributed by atoms with Crippen LogP contribution in [-0.2, 0) is 11.3 Å². The van der Waals surface area contributed by atoms with Crippen LogP contribution in [0.5, 0.6) is 0 Å². The number of hydrogen-bond donors (Lipinski definition) is 0. The van der Waals surface area contributed by atoms with E-state index >= 15 is 0 Å². The number of nitrogens with zero attached hydrogens (tertiary/aromatic N) is 1. The van der Waals surface area contributed by atoms with Gasteiger partial charge in [-0.25, -0.2) is 0 Å². The Morgan fingerprint density at radius 3 is 2.57 bits per heavy atom. The van der Waals surface area contributed by atoms with Gasteiger partial charge < -0.3 is 0 Å². The van der Waals surface area contributed by atoms with Gasteiger partial charge in [0.1, 0.15) is 0 Å². The molecular formula is C11H14ClNO. The standard InChI is InChI=1S/C11H14ClNO/c1-2-6-11(14)13(12)9-10-7-4-3-5-8-10/h3-5,7-8H,2,6,9H2,1H3. The fraction of sp³-hybridized carbons (Fsp3) is 0.364. The summed E-state index contributed by atoms with van der Waals surface area (Å²) in [6, 6.07) is 9.72. The highest BCUT2D eigenvalue weighted by molar-refractivity contribution is 6.21. The Hall–Kier alpha value is -1.02. The van der Waals surface area contributed by atoms with Gasteiger partial charge in [0.05, 0.1) is 6.54 Å². The molecule has 0 saturated heterocycles. The number of hydrogen-bond acceptors (Lipinski definition) is 1. The predicted molar refractivity (Wildman–Crippen MR) is 57.8 cm³/mol. The Labute approximate surface area is 89.6 Å². The molecule has 0 fully saturated rings. The lowest BCUT2D eigenvalue weighted by molar-refractivity contribution is -0.127. The van der Waals surface area contributed by atoms with Crippen LogP contribution in [0, 0.1) is 0 Å². The van der Waals surface area contributed by atoms with Crippen molar-refractivity contribution in [1.82, 2.24) is 4.42 Å². The third-order valence-electron chi connectivity index (χ3n) is 1.90. The molecule has 1 aromatic carbocycles. The minimum Gasteiger partial charge on any atom is -0.274 e. The molecule has 2 nitrogen and oxygen atoms in total. The first-order chi connectivity index (χ1) is 6.74. The molecule has 0 aliphatic carbocycles. The summed E-state index contributed by atoms with van der Waals surface area (Å²) in [5, 5.41) is 0. The van der Waals surface area contributed by atoms with E-state index in [4.69, 9.17) is 11.8 Å². The Morgan fingerprint density at radius 1 is 1.36 bits per heavy atom. The van der Waals surface area contributed by atoms with Crippen LogP contribution in [0.2, 0.25) is 0 Å². The number of carbonyl (C=O) groups excluding carboxylic acids is 1. The van der Waals surface area contributed by atoms with Gasteiger partial charge in [-0.3, -0.25) is 9.21 Å². The van der Waals surface area contributed by atoms with Crippen molar-refractivity contribution in [1.29, 1.82) is 0 Å². The average Bonchev–Trinajstić information content (AvgIpc) is 2.19. The van der Waals surface area contributed by atoms with Gasteiger partial charge >= 0.3 is 0 Å². The zero-order valence-electron chi connectivity index (χ0n) is 8.24. The highest BCUT2D eigenvalue weighted by atomic mass is 35.5. The lowest BCUT2D eigenvalue weighted by Gasteiger charge is -2.13. The fourth-order valence-electron chi connectivity index (χ4n) is 1.17. The summed E-state index contributed by atoms with van der Waals surface area (Å²) < 4.78 is 1.25. The number of amides is 1. The lowest BCUT2D eigenvalue weighted by atomic mass is 10.2. The highest BCUT2D eigenvalue weighted by Gasteiger charge is 2.09. The molecular weight excluding hydrogens is 198 g/mol. The van der Waals surface area contributed by atoms with E-state index in [9.17, 15) is 4.79 Å². The lowest BCUT2D eigenvalue weighted by Crippen LogP contribution is -2.20. The Bertz CT molecular complexity index is 287. The SMILES string of the molecule is CCCC(=O)N(Cl)Cc1ccccc1. The summed E-state index contributed by atoms with van der Waals surface area (Å²) >= 11 is 5.83. The molecule has 0 N–H and O–H groups in total. The van der Waals surface area contributed by atoms with Gasteiger partial charge in [0.25, 0.3) is 0 Å². The van der Waals surface area contributed by atoms with E-state index in [1.807, 2.05) is 37.3 Å². The maximum Gasteiger partial charge on any atom is 0.237 e. The molecule has 0 aliphatic heterocycles. The maximum atomic E-state index is 11.3. The third-order valence-corrected chi connectivity index (χ3v) is 2.21. The summed E-state index contributed by atoms with van der Waals surface area (Å²) in [6.45, 7) is 2.44. The fourth-order valence-corrected chi connectivity index (χ4v) is 1.39. The molecule has 76 valence electrons. The minimum atomic E-state index is -0.0157. The van der Waals surface area contributed by atoms with Crippen LogP contribution in [0.4, 0.5) is 0 Å². The molecule has 0 saturated carbocycles. The van der Waals surface area contributed by atoms with Gasteiger partial charge in [0.2, 0.25) is 5.91 Å². The molecule has 0 radical (unpaired) electrons. The van der Waals surface area contributed by atoms with E-state index in [2.05, 4.69) is 0 Å². The molecule has 1 rings (SSSR count). The van der Waals surface area contributed by atoms with Gasteiger partial charge in [-0.15, -0.1) is 0 Å². The Balaban J connectivity index is 2.49. The van der Waals surface area contributed by atoms with E-state index in [0.29, 0.717) is 13.0 Å². The van der Waals surface area contributed by atoms with Crippen LogP contribution in [0.3, 0.4) is 0 Å². The molecule has 0 aliphatic rings. The van der Waals surface area contributed by atoms with Crippen LogP contribution in [0.25, 0.3) is 0 Å². The second-order valence-corrected chi connectivity index (χ2v) is 3.56. The first kappa shape index (κ1) is 11.1. The van der Waals surface area contributed by atoms with E-state index < -0.39 is 0 Å². The van der Waals surface area contributed by atoms with Crippen LogP contribution in [0.15, 0.2) is 30.3 Å². The second kappa shape index (κ2) is 5.66. The average molecular weight is 212 g/mol. The Kier molecular flexibility index (Phi) is 4.47. The van der Waals surface area contributed by atoms with E-state index in [1.165, 1.54) is 4.42 Å². The topological polar surface area (TPSA) is 20.3 Å². The summed E-state index contributed by atoms with van der Waals surface area (Å²) in [4.78, 5) is 11.3. The van der Waals surface area contributed by atoms with Gasteiger partial charge in [0.15, 0.2) is 0 Å². The van der Waals surface area contributed by atoms with Crippen molar-refractivity contribution in [2.24, 2.45) is 0 Å². The number of rotatable bonds is 4. The molecule has 3 heteroatoms. The van der Waals surface area contributed by atoms with Crippen molar-refractivity contribution in [3.05, 3.63) is 35.9 Å². The van der Waals surface area contributed by atoms with E-state index in [1.54, 1.807) is 0 Å². The number of halogens is 1. The van der Waals surface area contributed by atoms with Gasteiger partial charge in [-0.1, -0.05) is 37.3 Å². The van der Waals surface area contributed by atoms with Crippen LogP contribution in [-0.4, -0.2) is 10.3 Å². The number of benzene rings is 1. The van der Waals surface area contributed by atoms with Crippen LogP contribution >= 0.6 is 11.8 Å². The molecule has 0 aromatic heterocycles. The molecule has 0 atom stereocenters. The van der Waals surface area contributed by atoms with E-state index in [0.717, 1.165) is 12.0 Å². The molecule has 0 heterocycles. The van der Waals surface area contributed by atoms with E-state index in [-0.39, 0.29) is 5.91 Å². The smallest absolute Gasteiger partial charge is 0.237 e. The van der Waals surface area contributed by atoms with Crippen LogP contribution in [0.1, 0.15) is 25.3 Å². The monoisotopic (exact) mass is 211 g/mol. The Morgan fingerprint density at radius 2 is 2.00 bits per heavy atom. The molecule has 0 unspecified atom stereocenters. The summed E-state index contributed by atoms with van der Waals surface area (Å²) in [5.41, 5.74) is 1.05. The minimum absolute atomic E-state index is 0.0157. The maximum absolute atomic E-state index is 11.3. The normalized spacial score (nSPS) is 9.86. The second-order valence-electron chi connectivity index (χ2n) is 3.15. The number of carbonyl (C=O) groups is 1. The molecule has 1 amide bonds. The van der Waals surface area contributed by atoms with Crippen molar-refractivity contribution in [3.8, 4) is 0 Å². The largest absolute Gasteiger partial charge is 0.274 e. The zero-order chi connectivity index (χ0) is 10.4. The first-order valence-corrected chi connectivity index (χ1v) is 5.08. The quantitative estimate of drug-likeness (QED) is 0.702. The van der Waals surface area contributed by atoms with Crippen molar-refractivity contribution in [3.63, 3.8) is 0 Å². The van der Waals surface area contributed by atoms with Crippen molar-refractivity contribution in [2.45, 2.75) is 26.3 Å². The van der Waals surface area contributed by atoms with Crippen molar-refractivity contribution >= 4 is 17.7 Å². The summed E-state index contributed by atoms with van der Waals surface area (Å²) in [7, 11) is 0. The van der Waals surface area contributed by atoms with Crippen molar-refractivity contribution in [2.75, 3.05) is 0 Å². The van der Waals surface area contributed by atoms with Gasteiger partial charge in [-0.2, -0.15) is 0 Å². The summed E-state index contributed by atoms with van der Waals surface area (Å²) in [5.74, 6) is -0.0157. The molecule has 1 aromatic rings. The first-order valence-electron chi connectivity index (χ1n) is 4.74. The van der Waals surface area contributed by atoms with Crippen LogP contribution < -0.4 is 0 Å². The third kappa shape index (κ3) is 3.38. The molecule has 0 spiro atoms. The van der Waals surface area contributed by atoms with Crippen molar-refractivity contribution < 1.29 is 4.79 Å².